The third kappa shape index (κ3) is 2.22. The number of carbonyl (C=O) groups is 1. The van der Waals surface area contributed by atoms with E-state index in [9.17, 15) is 4.79 Å². The Morgan fingerprint density at radius 1 is 0.947 bits per heavy atom. The molecule has 0 aliphatic rings. The number of hydrogen-bond acceptors (Lipinski definition) is 3. The summed E-state index contributed by atoms with van der Waals surface area (Å²) in [5.41, 5.74) is 2.95. The van der Waals surface area contributed by atoms with Gasteiger partial charge >= 0.3 is 0 Å². The first-order chi connectivity index (χ1) is 9.24. The van der Waals surface area contributed by atoms with Gasteiger partial charge in [0.25, 0.3) is 0 Å². The summed E-state index contributed by atoms with van der Waals surface area (Å²) in [6.45, 7) is 2.01. The molecule has 1 aromatic heterocycles. The predicted octanol–water partition coefficient (Wildman–Crippen LogP) is 3.17. The van der Waals surface area contributed by atoms with E-state index in [2.05, 4.69) is 10.2 Å². The van der Waals surface area contributed by atoms with Crippen molar-refractivity contribution in [1.29, 1.82) is 0 Å². The van der Waals surface area contributed by atoms with E-state index in [1.165, 1.54) is 0 Å². The maximum Gasteiger partial charge on any atom is 0.213 e. The van der Waals surface area contributed by atoms with E-state index < -0.39 is 0 Å². The van der Waals surface area contributed by atoms with E-state index in [-0.39, 0.29) is 5.78 Å². The highest BCUT2D eigenvalue weighted by atomic mass is 16.1. The van der Waals surface area contributed by atoms with Crippen LogP contribution in [0.4, 0.5) is 0 Å². The minimum absolute atomic E-state index is 0.100. The normalized spacial score (nSPS) is 10.6. The average molecular weight is 248 g/mol. The molecular weight excluding hydrogens is 236 g/mol. The van der Waals surface area contributed by atoms with Gasteiger partial charge in [-0.15, -0.1) is 10.2 Å². The van der Waals surface area contributed by atoms with Crippen molar-refractivity contribution >= 4 is 16.7 Å². The van der Waals surface area contributed by atoms with Crippen molar-refractivity contribution in [1.82, 2.24) is 10.2 Å². The van der Waals surface area contributed by atoms with Crippen molar-refractivity contribution in [3.63, 3.8) is 0 Å². The number of nitrogens with zero attached hydrogens (tertiary/aromatic N) is 2. The minimum Gasteiger partial charge on any atom is -0.287 e. The lowest BCUT2D eigenvalue weighted by Crippen LogP contribution is -2.05. The lowest BCUT2D eigenvalue weighted by Gasteiger charge is -2.02. The lowest BCUT2D eigenvalue weighted by atomic mass is 10.1. The number of benzene rings is 2. The molecule has 0 aliphatic heterocycles. The second-order valence-corrected chi connectivity index (χ2v) is 4.49. The van der Waals surface area contributed by atoms with Crippen LogP contribution in [0.15, 0.2) is 54.6 Å². The molecule has 3 heteroatoms. The maximum atomic E-state index is 12.3. The Bertz CT molecular complexity index is 751. The molecule has 0 fully saturated rings. The van der Waals surface area contributed by atoms with Crippen molar-refractivity contribution in [3.05, 3.63) is 71.4 Å². The van der Waals surface area contributed by atoms with Crippen molar-refractivity contribution in [2.24, 2.45) is 0 Å². The summed E-state index contributed by atoms with van der Waals surface area (Å²) in [4.78, 5) is 12.3. The second kappa shape index (κ2) is 4.61. The average Bonchev–Trinajstić information content (AvgIpc) is 2.46. The molecule has 0 bridgehead atoms. The first kappa shape index (κ1) is 11.5. The largest absolute Gasteiger partial charge is 0.287 e. The van der Waals surface area contributed by atoms with E-state index in [1.54, 1.807) is 18.2 Å². The van der Waals surface area contributed by atoms with Gasteiger partial charge in [-0.2, -0.15) is 0 Å². The van der Waals surface area contributed by atoms with Crippen LogP contribution in [-0.2, 0) is 0 Å². The molecule has 3 aromatic rings. The van der Waals surface area contributed by atoms with Crippen molar-refractivity contribution < 1.29 is 4.79 Å². The molecule has 92 valence electrons. The smallest absolute Gasteiger partial charge is 0.213 e. The Morgan fingerprint density at radius 2 is 1.74 bits per heavy atom. The maximum absolute atomic E-state index is 12.3. The van der Waals surface area contributed by atoms with Gasteiger partial charge in [0.15, 0.2) is 0 Å². The van der Waals surface area contributed by atoms with Crippen molar-refractivity contribution in [3.8, 4) is 0 Å². The molecule has 2 aromatic carbocycles. The number of aryl methyl sites for hydroxylation is 1. The predicted molar refractivity (Wildman–Crippen MR) is 74.1 cm³/mol. The van der Waals surface area contributed by atoms with E-state index in [1.807, 2.05) is 43.3 Å². The first-order valence-corrected chi connectivity index (χ1v) is 6.08. The number of carbonyl (C=O) groups excluding carboxylic acids is 1. The van der Waals surface area contributed by atoms with Gasteiger partial charge in [-0.1, -0.05) is 42.0 Å². The third-order valence-corrected chi connectivity index (χ3v) is 3.01. The monoisotopic (exact) mass is 248 g/mol. The highest BCUT2D eigenvalue weighted by Crippen LogP contribution is 2.15. The van der Waals surface area contributed by atoms with Crippen molar-refractivity contribution in [2.75, 3.05) is 0 Å². The van der Waals surface area contributed by atoms with Gasteiger partial charge in [0.2, 0.25) is 5.78 Å². The van der Waals surface area contributed by atoms with Gasteiger partial charge in [-0.3, -0.25) is 4.79 Å². The fourth-order valence-electron chi connectivity index (χ4n) is 2.01. The quantitative estimate of drug-likeness (QED) is 0.654. The van der Waals surface area contributed by atoms with E-state index in [0.717, 1.165) is 16.5 Å². The van der Waals surface area contributed by atoms with Crippen molar-refractivity contribution in [2.45, 2.75) is 6.92 Å². The van der Waals surface area contributed by atoms with Gasteiger partial charge < -0.3 is 0 Å². The molecular formula is C16H12N2O. The second-order valence-electron chi connectivity index (χ2n) is 4.49. The molecule has 0 aliphatic carbocycles. The molecule has 0 saturated carbocycles. The summed E-state index contributed by atoms with van der Waals surface area (Å²) in [6.07, 6.45) is 0. The molecule has 0 amide bonds. The zero-order valence-corrected chi connectivity index (χ0v) is 10.5. The summed E-state index contributed by atoms with van der Waals surface area (Å²) in [7, 11) is 0. The molecule has 0 spiro atoms. The molecule has 0 atom stereocenters. The van der Waals surface area contributed by atoms with E-state index in [0.29, 0.717) is 11.3 Å². The zero-order chi connectivity index (χ0) is 13.2. The van der Waals surface area contributed by atoms with E-state index in [4.69, 9.17) is 0 Å². The van der Waals surface area contributed by atoms with Crippen LogP contribution >= 0.6 is 0 Å². The molecule has 0 unspecified atom stereocenters. The van der Waals surface area contributed by atoms with Gasteiger partial charge in [0, 0.05) is 10.9 Å². The number of ketones is 1. The van der Waals surface area contributed by atoms with Crippen LogP contribution in [0.2, 0.25) is 0 Å². The molecule has 19 heavy (non-hydrogen) atoms. The summed E-state index contributed by atoms with van der Waals surface area (Å²) >= 11 is 0. The van der Waals surface area contributed by atoms with Gasteiger partial charge in [0.1, 0.15) is 5.69 Å². The SMILES string of the molecule is Cc1ccc2nnc(C(=O)c3ccccc3)cc2c1. The van der Waals surface area contributed by atoms with Crippen LogP contribution in [0, 0.1) is 6.92 Å². The van der Waals surface area contributed by atoms with Gasteiger partial charge in [-0.05, 0) is 25.1 Å². The fourth-order valence-corrected chi connectivity index (χ4v) is 2.01. The molecule has 3 nitrogen and oxygen atoms in total. The summed E-state index contributed by atoms with van der Waals surface area (Å²) < 4.78 is 0. The Balaban J connectivity index is 2.08. The fraction of sp³-hybridized carbons (Fsp3) is 0.0625. The molecule has 3 rings (SSSR count). The Kier molecular flexibility index (Phi) is 2.80. The number of fused-ring (bicyclic) bond motifs is 1. The molecule has 0 saturated heterocycles. The van der Waals surface area contributed by atoms with Gasteiger partial charge in [-0.25, -0.2) is 0 Å². The Morgan fingerprint density at radius 3 is 2.53 bits per heavy atom. The summed E-state index contributed by atoms with van der Waals surface area (Å²) in [5, 5.41) is 9.05. The van der Waals surface area contributed by atoms with Crippen LogP contribution in [0.3, 0.4) is 0 Å². The summed E-state index contributed by atoms with van der Waals surface area (Å²) in [5.74, 6) is -0.100. The summed E-state index contributed by atoms with van der Waals surface area (Å²) in [6, 6.07) is 16.8. The first-order valence-electron chi connectivity index (χ1n) is 6.08. The van der Waals surface area contributed by atoms with Crippen LogP contribution < -0.4 is 0 Å². The third-order valence-electron chi connectivity index (χ3n) is 3.01. The highest BCUT2D eigenvalue weighted by molar-refractivity contribution is 6.08. The number of rotatable bonds is 2. The molecule has 0 N–H and O–H groups in total. The molecule has 1 heterocycles. The lowest BCUT2D eigenvalue weighted by molar-refractivity contribution is 0.103. The minimum atomic E-state index is -0.100. The topological polar surface area (TPSA) is 42.9 Å². The van der Waals surface area contributed by atoms with Crippen LogP contribution in [0.5, 0.6) is 0 Å². The Hall–Kier alpha value is -2.55. The zero-order valence-electron chi connectivity index (χ0n) is 10.5. The highest BCUT2D eigenvalue weighted by Gasteiger charge is 2.11. The number of hydrogen-bond donors (Lipinski definition) is 0. The molecule has 0 radical (unpaired) electrons. The van der Waals surface area contributed by atoms with Crippen LogP contribution in [0.25, 0.3) is 10.9 Å². The van der Waals surface area contributed by atoms with Gasteiger partial charge in [0.05, 0.1) is 5.52 Å². The standard InChI is InChI=1S/C16H12N2O/c1-11-7-8-14-13(9-11)10-15(18-17-14)16(19)12-5-3-2-4-6-12/h2-10H,1H3. The van der Waals surface area contributed by atoms with Crippen LogP contribution in [0.1, 0.15) is 21.6 Å². The number of aromatic nitrogens is 2. The van der Waals surface area contributed by atoms with E-state index >= 15 is 0 Å². The Labute approximate surface area is 110 Å². The van der Waals surface area contributed by atoms with Crippen LogP contribution in [-0.4, -0.2) is 16.0 Å².